The number of hydrogen-bond acceptors (Lipinski definition) is 3. The Labute approximate surface area is 140 Å². The van der Waals surface area contributed by atoms with Gasteiger partial charge >= 0.3 is 5.97 Å². The lowest BCUT2D eigenvalue weighted by Gasteiger charge is -2.13. The molecule has 0 spiro atoms. The Hall–Kier alpha value is -2.33. The van der Waals surface area contributed by atoms with Crippen molar-refractivity contribution in [2.24, 2.45) is 0 Å². The second kappa shape index (κ2) is 7.79. The summed E-state index contributed by atoms with van der Waals surface area (Å²) in [5.41, 5.74) is 2.20. The molecule has 1 N–H and O–H groups in total. The number of amides is 1. The van der Waals surface area contributed by atoms with E-state index < -0.39 is 12.1 Å². The average Bonchev–Trinajstić information content (AvgIpc) is 2.56. The molecule has 120 valence electrons. The molecule has 1 atom stereocenters. The summed E-state index contributed by atoms with van der Waals surface area (Å²) in [6, 6.07) is 13.8. The smallest absolute Gasteiger partial charge is 0.338 e. The zero-order valence-electron chi connectivity index (χ0n) is 13.0. The number of rotatable bonds is 5. The minimum atomic E-state index is -0.899. The van der Waals surface area contributed by atoms with Crippen molar-refractivity contribution in [1.29, 1.82) is 0 Å². The van der Waals surface area contributed by atoms with Gasteiger partial charge in [0.1, 0.15) is 0 Å². The van der Waals surface area contributed by atoms with Gasteiger partial charge in [0.15, 0.2) is 6.10 Å². The molecule has 5 heteroatoms. The van der Waals surface area contributed by atoms with Crippen LogP contribution in [0.2, 0.25) is 5.02 Å². The molecule has 2 aromatic rings. The number of carbonyl (C=O) groups excluding carboxylic acids is 2. The van der Waals surface area contributed by atoms with Crippen LogP contribution in [0.15, 0.2) is 48.5 Å². The minimum Gasteiger partial charge on any atom is -0.449 e. The second-order valence-corrected chi connectivity index (χ2v) is 5.53. The van der Waals surface area contributed by atoms with E-state index in [1.165, 1.54) is 12.5 Å². The van der Waals surface area contributed by atoms with Gasteiger partial charge in [-0.25, -0.2) is 4.79 Å². The van der Waals surface area contributed by atoms with E-state index in [0.29, 0.717) is 16.3 Å². The van der Waals surface area contributed by atoms with Gasteiger partial charge in [0, 0.05) is 10.7 Å². The third kappa shape index (κ3) is 4.83. The first-order valence-corrected chi connectivity index (χ1v) is 7.73. The highest BCUT2D eigenvalue weighted by molar-refractivity contribution is 6.30. The number of hydrogen-bond donors (Lipinski definition) is 1. The lowest BCUT2D eigenvalue weighted by Crippen LogP contribution is -2.30. The van der Waals surface area contributed by atoms with Crippen molar-refractivity contribution in [3.05, 3.63) is 64.7 Å². The van der Waals surface area contributed by atoms with Crippen molar-refractivity contribution in [1.82, 2.24) is 0 Å². The van der Waals surface area contributed by atoms with E-state index in [4.69, 9.17) is 16.3 Å². The fraction of sp³-hybridized carbons (Fsp3) is 0.222. The molecule has 0 aromatic heterocycles. The van der Waals surface area contributed by atoms with Crippen molar-refractivity contribution >= 4 is 29.2 Å². The van der Waals surface area contributed by atoms with Crippen molar-refractivity contribution in [2.75, 3.05) is 5.32 Å². The van der Waals surface area contributed by atoms with E-state index in [9.17, 15) is 9.59 Å². The highest BCUT2D eigenvalue weighted by atomic mass is 35.5. The van der Waals surface area contributed by atoms with Gasteiger partial charge in [-0.05, 0) is 55.3 Å². The van der Waals surface area contributed by atoms with Gasteiger partial charge in [0.25, 0.3) is 5.91 Å². The van der Waals surface area contributed by atoms with Crippen LogP contribution in [0.1, 0.15) is 29.8 Å². The molecule has 1 amide bonds. The monoisotopic (exact) mass is 331 g/mol. The van der Waals surface area contributed by atoms with E-state index in [0.717, 1.165) is 6.42 Å². The molecule has 0 fully saturated rings. The number of ether oxygens (including phenoxy) is 1. The lowest BCUT2D eigenvalue weighted by molar-refractivity contribution is -0.123. The van der Waals surface area contributed by atoms with Crippen LogP contribution < -0.4 is 5.32 Å². The second-order valence-electron chi connectivity index (χ2n) is 5.09. The highest BCUT2D eigenvalue weighted by Gasteiger charge is 2.19. The standard InChI is InChI=1S/C18H18ClNO3/c1-3-13-4-10-16(11-5-13)20-17(21)12(2)23-18(22)14-6-8-15(19)9-7-14/h4-12H,3H2,1-2H3,(H,20,21)/t12-/m1/s1. The zero-order valence-corrected chi connectivity index (χ0v) is 13.8. The SMILES string of the molecule is CCc1ccc(NC(=O)[C@@H](C)OC(=O)c2ccc(Cl)cc2)cc1. The zero-order chi connectivity index (χ0) is 16.8. The molecule has 0 aliphatic carbocycles. The maximum absolute atomic E-state index is 12.1. The number of anilines is 1. The Balaban J connectivity index is 1.93. The summed E-state index contributed by atoms with van der Waals surface area (Å²) >= 11 is 5.77. The van der Waals surface area contributed by atoms with Crippen molar-refractivity contribution in [3.8, 4) is 0 Å². The summed E-state index contributed by atoms with van der Waals surface area (Å²) in [5, 5.41) is 3.25. The van der Waals surface area contributed by atoms with Crippen LogP contribution in [0.4, 0.5) is 5.69 Å². The molecule has 0 unspecified atom stereocenters. The fourth-order valence-electron chi connectivity index (χ4n) is 1.94. The van der Waals surface area contributed by atoms with Gasteiger partial charge < -0.3 is 10.1 Å². The van der Waals surface area contributed by atoms with Crippen LogP contribution >= 0.6 is 11.6 Å². The van der Waals surface area contributed by atoms with Crippen molar-refractivity contribution in [2.45, 2.75) is 26.4 Å². The Morgan fingerprint density at radius 2 is 1.70 bits per heavy atom. The van der Waals surface area contributed by atoms with E-state index in [-0.39, 0.29) is 5.91 Å². The van der Waals surface area contributed by atoms with Gasteiger partial charge in [0.2, 0.25) is 0 Å². The number of aryl methyl sites for hydroxylation is 1. The van der Waals surface area contributed by atoms with Gasteiger partial charge in [-0.3, -0.25) is 4.79 Å². The Kier molecular flexibility index (Phi) is 5.77. The molecule has 4 nitrogen and oxygen atoms in total. The number of benzene rings is 2. The summed E-state index contributed by atoms with van der Waals surface area (Å²) in [4.78, 5) is 24.0. The van der Waals surface area contributed by atoms with E-state index >= 15 is 0 Å². The van der Waals surface area contributed by atoms with E-state index in [2.05, 4.69) is 12.2 Å². The molecule has 0 bridgehead atoms. The highest BCUT2D eigenvalue weighted by Crippen LogP contribution is 2.13. The summed E-state index contributed by atoms with van der Waals surface area (Å²) in [6.07, 6.45) is 0.0348. The van der Waals surface area contributed by atoms with Gasteiger partial charge in [-0.2, -0.15) is 0 Å². The predicted molar refractivity (Wildman–Crippen MR) is 90.8 cm³/mol. The molecular formula is C18H18ClNO3. The largest absolute Gasteiger partial charge is 0.449 e. The number of halogens is 1. The number of carbonyl (C=O) groups is 2. The summed E-state index contributed by atoms with van der Waals surface area (Å²) < 4.78 is 5.16. The third-order valence-electron chi connectivity index (χ3n) is 3.36. The predicted octanol–water partition coefficient (Wildman–Crippen LogP) is 4.09. The van der Waals surface area contributed by atoms with E-state index in [1.54, 1.807) is 24.3 Å². The average molecular weight is 332 g/mol. The van der Waals surface area contributed by atoms with Crippen molar-refractivity contribution < 1.29 is 14.3 Å². The van der Waals surface area contributed by atoms with E-state index in [1.807, 2.05) is 24.3 Å². The quantitative estimate of drug-likeness (QED) is 0.840. The topological polar surface area (TPSA) is 55.4 Å². The van der Waals surface area contributed by atoms with Crippen LogP contribution in [0.5, 0.6) is 0 Å². The molecule has 0 saturated heterocycles. The summed E-state index contributed by atoms with van der Waals surface area (Å²) in [6.45, 7) is 3.59. The summed E-state index contributed by atoms with van der Waals surface area (Å²) in [5.74, 6) is -0.942. The molecule has 0 aliphatic heterocycles. The van der Waals surface area contributed by atoms with Gasteiger partial charge in [-0.1, -0.05) is 30.7 Å². The maximum atomic E-state index is 12.1. The first-order valence-electron chi connectivity index (χ1n) is 7.36. The van der Waals surface area contributed by atoms with Crippen LogP contribution in [0.25, 0.3) is 0 Å². The number of nitrogens with one attached hydrogen (secondary N) is 1. The Morgan fingerprint density at radius 3 is 2.26 bits per heavy atom. The molecule has 0 heterocycles. The number of esters is 1. The lowest BCUT2D eigenvalue weighted by atomic mass is 10.1. The maximum Gasteiger partial charge on any atom is 0.338 e. The van der Waals surface area contributed by atoms with Crippen LogP contribution in [-0.4, -0.2) is 18.0 Å². The molecular weight excluding hydrogens is 314 g/mol. The van der Waals surface area contributed by atoms with Crippen LogP contribution in [-0.2, 0) is 16.0 Å². The molecule has 0 radical (unpaired) electrons. The molecule has 2 rings (SSSR count). The first-order chi connectivity index (χ1) is 11.0. The first kappa shape index (κ1) is 17.0. The van der Waals surface area contributed by atoms with Gasteiger partial charge in [-0.15, -0.1) is 0 Å². The Morgan fingerprint density at radius 1 is 1.09 bits per heavy atom. The van der Waals surface area contributed by atoms with Gasteiger partial charge in [0.05, 0.1) is 5.56 Å². The van der Waals surface area contributed by atoms with Crippen LogP contribution in [0, 0.1) is 0 Å². The summed E-state index contributed by atoms with van der Waals surface area (Å²) in [7, 11) is 0. The van der Waals surface area contributed by atoms with Crippen LogP contribution in [0.3, 0.4) is 0 Å². The fourth-order valence-corrected chi connectivity index (χ4v) is 2.06. The molecule has 2 aromatic carbocycles. The Bertz CT molecular complexity index is 680. The molecule has 0 aliphatic rings. The third-order valence-corrected chi connectivity index (χ3v) is 3.61. The molecule has 0 saturated carbocycles. The minimum absolute atomic E-state index is 0.348. The van der Waals surface area contributed by atoms with Crippen molar-refractivity contribution in [3.63, 3.8) is 0 Å². The molecule has 23 heavy (non-hydrogen) atoms. The normalized spacial score (nSPS) is 11.6.